The quantitative estimate of drug-likeness (QED) is 0.697. The standard InChI is InChI=1S/C13H17NOS/c1-13(2,3)16-10-5-6-11-9(7-10)8-12(15)14(11)4/h5-7H,8H2,1-4H3. The molecule has 0 fully saturated rings. The van der Waals surface area contributed by atoms with Crippen molar-refractivity contribution in [3.05, 3.63) is 23.8 Å². The largest absolute Gasteiger partial charge is 0.315 e. The molecule has 0 spiro atoms. The highest BCUT2D eigenvalue weighted by molar-refractivity contribution is 8.00. The Kier molecular flexibility index (Phi) is 2.74. The van der Waals surface area contributed by atoms with E-state index in [-0.39, 0.29) is 10.7 Å². The van der Waals surface area contributed by atoms with Crippen molar-refractivity contribution < 1.29 is 4.79 Å². The number of anilines is 1. The van der Waals surface area contributed by atoms with Gasteiger partial charge in [0.05, 0.1) is 6.42 Å². The highest BCUT2D eigenvalue weighted by Crippen LogP contribution is 2.36. The fraction of sp³-hybridized carbons (Fsp3) is 0.462. The molecule has 0 bridgehead atoms. The summed E-state index contributed by atoms with van der Waals surface area (Å²) in [5, 5.41) is 0. The van der Waals surface area contributed by atoms with E-state index in [1.54, 1.807) is 4.90 Å². The normalized spacial score (nSPS) is 15.5. The lowest BCUT2D eigenvalue weighted by Gasteiger charge is -2.18. The van der Waals surface area contributed by atoms with Gasteiger partial charge < -0.3 is 4.90 Å². The molecule has 2 rings (SSSR count). The van der Waals surface area contributed by atoms with Gasteiger partial charge in [0, 0.05) is 22.4 Å². The molecule has 3 heteroatoms. The molecule has 1 heterocycles. The lowest BCUT2D eigenvalue weighted by molar-refractivity contribution is -0.117. The molecule has 16 heavy (non-hydrogen) atoms. The van der Waals surface area contributed by atoms with Gasteiger partial charge in [0.1, 0.15) is 0 Å². The number of rotatable bonds is 1. The van der Waals surface area contributed by atoms with Gasteiger partial charge in [0.15, 0.2) is 0 Å². The van der Waals surface area contributed by atoms with Gasteiger partial charge in [-0.25, -0.2) is 0 Å². The van der Waals surface area contributed by atoms with E-state index in [9.17, 15) is 4.79 Å². The van der Waals surface area contributed by atoms with Gasteiger partial charge in [-0.05, 0) is 23.8 Å². The number of amides is 1. The third kappa shape index (κ3) is 2.24. The van der Waals surface area contributed by atoms with Crippen LogP contribution in [0.5, 0.6) is 0 Å². The van der Waals surface area contributed by atoms with Crippen molar-refractivity contribution in [1.82, 2.24) is 0 Å². The van der Waals surface area contributed by atoms with Crippen LogP contribution in [0.3, 0.4) is 0 Å². The van der Waals surface area contributed by atoms with E-state index in [1.807, 2.05) is 24.9 Å². The minimum absolute atomic E-state index is 0.188. The van der Waals surface area contributed by atoms with Crippen molar-refractivity contribution in [1.29, 1.82) is 0 Å². The molecule has 86 valence electrons. The predicted octanol–water partition coefficient (Wildman–Crippen LogP) is 3.10. The number of nitrogens with zero attached hydrogens (tertiary/aromatic N) is 1. The number of carbonyl (C=O) groups excluding carboxylic acids is 1. The lowest BCUT2D eigenvalue weighted by Crippen LogP contribution is -2.20. The zero-order valence-corrected chi connectivity index (χ0v) is 11.0. The van der Waals surface area contributed by atoms with Gasteiger partial charge in [0.2, 0.25) is 5.91 Å². The number of fused-ring (bicyclic) bond motifs is 1. The van der Waals surface area contributed by atoms with Crippen LogP contribution in [-0.2, 0) is 11.2 Å². The number of benzene rings is 1. The second-order valence-electron chi connectivity index (χ2n) is 5.13. The number of hydrogen-bond acceptors (Lipinski definition) is 2. The Morgan fingerprint density at radius 3 is 2.62 bits per heavy atom. The Hall–Kier alpha value is -0.960. The van der Waals surface area contributed by atoms with Crippen molar-refractivity contribution in [3.63, 3.8) is 0 Å². The van der Waals surface area contributed by atoms with Gasteiger partial charge in [-0.15, -0.1) is 11.8 Å². The smallest absolute Gasteiger partial charge is 0.231 e. The molecule has 0 unspecified atom stereocenters. The second kappa shape index (κ2) is 3.81. The van der Waals surface area contributed by atoms with E-state index in [4.69, 9.17) is 0 Å². The number of carbonyl (C=O) groups is 1. The van der Waals surface area contributed by atoms with Crippen LogP contribution in [-0.4, -0.2) is 17.7 Å². The van der Waals surface area contributed by atoms with Gasteiger partial charge in [-0.3, -0.25) is 4.79 Å². The second-order valence-corrected chi connectivity index (χ2v) is 7.03. The van der Waals surface area contributed by atoms with E-state index < -0.39 is 0 Å². The third-order valence-electron chi connectivity index (χ3n) is 2.55. The van der Waals surface area contributed by atoms with Crippen LogP contribution in [0, 0.1) is 0 Å². The number of likely N-dealkylation sites (N-methyl/N-ethyl adjacent to an activating group) is 1. The fourth-order valence-corrected chi connectivity index (χ4v) is 2.91. The first-order chi connectivity index (χ1) is 7.37. The molecule has 0 aromatic heterocycles. The van der Waals surface area contributed by atoms with Crippen LogP contribution in [0.15, 0.2) is 23.1 Å². The molecule has 0 N–H and O–H groups in total. The molecule has 2 nitrogen and oxygen atoms in total. The average Bonchev–Trinajstić information content (AvgIpc) is 2.40. The number of hydrogen-bond donors (Lipinski definition) is 0. The Labute approximate surface area is 101 Å². The Balaban J connectivity index is 2.29. The summed E-state index contributed by atoms with van der Waals surface area (Å²) in [7, 11) is 1.84. The molecule has 0 aliphatic carbocycles. The summed E-state index contributed by atoms with van der Waals surface area (Å²) in [6, 6.07) is 6.30. The molecule has 1 amide bonds. The maximum atomic E-state index is 11.5. The maximum absolute atomic E-state index is 11.5. The van der Waals surface area contributed by atoms with Gasteiger partial charge in [-0.2, -0.15) is 0 Å². The van der Waals surface area contributed by atoms with Crippen LogP contribution in [0.4, 0.5) is 5.69 Å². The summed E-state index contributed by atoms with van der Waals surface area (Å²) in [6.45, 7) is 6.59. The minimum atomic E-state index is 0.188. The van der Waals surface area contributed by atoms with Crippen molar-refractivity contribution in [2.24, 2.45) is 0 Å². The maximum Gasteiger partial charge on any atom is 0.231 e. The van der Waals surface area contributed by atoms with Crippen molar-refractivity contribution in [2.75, 3.05) is 11.9 Å². The van der Waals surface area contributed by atoms with E-state index in [0.717, 1.165) is 11.3 Å². The molecule has 0 saturated heterocycles. The molecule has 1 aliphatic heterocycles. The van der Waals surface area contributed by atoms with Crippen LogP contribution in [0.1, 0.15) is 26.3 Å². The monoisotopic (exact) mass is 235 g/mol. The molecule has 1 aromatic carbocycles. The Morgan fingerprint density at radius 1 is 1.31 bits per heavy atom. The van der Waals surface area contributed by atoms with Gasteiger partial charge in [0.25, 0.3) is 0 Å². The van der Waals surface area contributed by atoms with Crippen LogP contribution in [0.2, 0.25) is 0 Å². The highest BCUT2D eigenvalue weighted by Gasteiger charge is 2.24. The summed E-state index contributed by atoms with van der Waals surface area (Å²) in [6.07, 6.45) is 0.546. The highest BCUT2D eigenvalue weighted by atomic mass is 32.2. The van der Waals surface area contributed by atoms with E-state index in [0.29, 0.717) is 6.42 Å². The first-order valence-electron chi connectivity index (χ1n) is 5.45. The molecular weight excluding hydrogens is 218 g/mol. The van der Waals surface area contributed by atoms with Crippen LogP contribution in [0.25, 0.3) is 0 Å². The predicted molar refractivity (Wildman–Crippen MR) is 69.2 cm³/mol. The summed E-state index contributed by atoms with van der Waals surface area (Å²) in [5.74, 6) is 0.188. The van der Waals surface area contributed by atoms with E-state index in [1.165, 1.54) is 4.90 Å². The first kappa shape index (κ1) is 11.5. The topological polar surface area (TPSA) is 20.3 Å². The van der Waals surface area contributed by atoms with Crippen molar-refractivity contribution in [2.45, 2.75) is 36.8 Å². The lowest BCUT2D eigenvalue weighted by atomic mass is 10.2. The molecule has 1 aromatic rings. The Morgan fingerprint density at radius 2 is 2.00 bits per heavy atom. The summed E-state index contributed by atoms with van der Waals surface area (Å²) in [4.78, 5) is 14.5. The van der Waals surface area contributed by atoms with Crippen molar-refractivity contribution >= 4 is 23.4 Å². The zero-order valence-electron chi connectivity index (χ0n) is 10.2. The van der Waals surface area contributed by atoms with Crippen molar-refractivity contribution in [3.8, 4) is 0 Å². The summed E-state index contributed by atoms with van der Waals surface area (Å²) in [5.41, 5.74) is 2.21. The van der Waals surface area contributed by atoms with Crippen LogP contribution < -0.4 is 4.90 Å². The first-order valence-corrected chi connectivity index (χ1v) is 6.27. The number of thioether (sulfide) groups is 1. The van der Waals surface area contributed by atoms with Gasteiger partial charge >= 0.3 is 0 Å². The Bertz CT molecular complexity index is 434. The summed E-state index contributed by atoms with van der Waals surface area (Å²) >= 11 is 1.84. The van der Waals surface area contributed by atoms with Crippen LogP contribution >= 0.6 is 11.8 Å². The third-order valence-corrected chi connectivity index (χ3v) is 3.65. The SMILES string of the molecule is CN1C(=O)Cc2cc(SC(C)(C)C)ccc21. The molecule has 0 saturated carbocycles. The summed E-state index contributed by atoms with van der Waals surface area (Å²) < 4.78 is 0.211. The average molecular weight is 235 g/mol. The minimum Gasteiger partial charge on any atom is -0.315 e. The molecule has 0 atom stereocenters. The van der Waals surface area contributed by atoms with E-state index in [2.05, 4.69) is 32.9 Å². The molecule has 1 aliphatic rings. The van der Waals surface area contributed by atoms with E-state index >= 15 is 0 Å². The fourth-order valence-electron chi connectivity index (χ4n) is 1.86. The molecular formula is C13H17NOS. The molecule has 0 radical (unpaired) electrons. The van der Waals surface area contributed by atoms with Gasteiger partial charge in [-0.1, -0.05) is 20.8 Å². The zero-order chi connectivity index (χ0) is 11.9.